The van der Waals surface area contributed by atoms with Crippen LogP contribution in [0.2, 0.25) is 0 Å². The summed E-state index contributed by atoms with van der Waals surface area (Å²) in [5.74, 6) is 0. The van der Waals surface area contributed by atoms with Crippen molar-refractivity contribution >= 4 is 10.0 Å². The summed E-state index contributed by atoms with van der Waals surface area (Å²) < 4.78 is 28.0. The van der Waals surface area contributed by atoms with Crippen molar-refractivity contribution in [3.8, 4) is 0 Å². The molecule has 1 saturated heterocycles. The van der Waals surface area contributed by atoms with E-state index in [1.165, 1.54) is 11.1 Å². The number of benzene rings is 1. The van der Waals surface area contributed by atoms with Crippen LogP contribution in [0, 0.1) is 0 Å². The lowest BCUT2D eigenvalue weighted by atomic mass is 10.1. The van der Waals surface area contributed by atoms with E-state index in [0.29, 0.717) is 4.90 Å². The molecule has 1 aromatic carbocycles. The summed E-state index contributed by atoms with van der Waals surface area (Å²) in [6.45, 7) is 5.00. The van der Waals surface area contributed by atoms with E-state index in [-0.39, 0.29) is 6.04 Å². The highest BCUT2D eigenvalue weighted by Crippen LogP contribution is 2.25. The zero-order valence-electron chi connectivity index (χ0n) is 12.6. The second-order valence-electron chi connectivity index (χ2n) is 6.14. The number of piperidine rings is 1. The maximum Gasteiger partial charge on any atom is 0.240 e. The zero-order valence-corrected chi connectivity index (χ0v) is 13.5. The predicted octanol–water partition coefficient (Wildman–Crippen LogP) is 1.94. The number of likely N-dealkylation sites (N-methyl/N-ethyl adjacent to an activating group) is 1. The van der Waals surface area contributed by atoms with Crippen LogP contribution < -0.4 is 4.72 Å². The molecule has 1 fully saturated rings. The van der Waals surface area contributed by atoms with Gasteiger partial charge in [-0.3, -0.25) is 0 Å². The molecule has 5 heteroatoms. The van der Waals surface area contributed by atoms with E-state index >= 15 is 0 Å². The fourth-order valence-electron chi connectivity index (χ4n) is 3.44. The fraction of sp³-hybridized carbons (Fsp3) is 0.625. The summed E-state index contributed by atoms with van der Waals surface area (Å²) in [4.78, 5) is 2.73. The van der Waals surface area contributed by atoms with Crippen LogP contribution >= 0.6 is 0 Å². The van der Waals surface area contributed by atoms with Crippen LogP contribution in [-0.4, -0.2) is 39.0 Å². The van der Waals surface area contributed by atoms with Gasteiger partial charge in [-0.2, -0.15) is 0 Å². The Labute approximate surface area is 127 Å². The van der Waals surface area contributed by atoms with E-state index in [1.54, 1.807) is 6.07 Å². The van der Waals surface area contributed by atoms with E-state index in [9.17, 15) is 8.42 Å². The second kappa shape index (κ2) is 6.07. The molecule has 0 aromatic heterocycles. The lowest BCUT2D eigenvalue weighted by molar-refractivity contribution is 0.211. The third kappa shape index (κ3) is 3.30. The van der Waals surface area contributed by atoms with Crippen molar-refractivity contribution in [3.63, 3.8) is 0 Å². The first-order valence-electron chi connectivity index (χ1n) is 7.95. The van der Waals surface area contributed by atoms with Gasteiger partial charge >= 0.3 is 0 Å². The molecule has 1 N–H and O–H groups in total. The number of nitrogens with zero attached hydrogens (tertiary/aromatic N) is 1. The van der Waals surface area contributed by atoms with E-state index in [2.05, 4.69) is 16.5 Å². The Balaban J connectivity index is 1.74. The molecule has 3 rings (SSSR count). The van der Waals surface area contributed by atoms with E-state index in [0.717, 1.165) is 51.7 Å². The Morgan fingerprint density at radius 1 is 1.24 bits per heavy atom. The molecule has 1 heterocycles. The van der Waals surface area contributed by atoms with Crippen LogP contribution in [0.4, 0.5) is 0 Å². The van der Waals surface area contributed by atoms with Gasteiger partial charge in [-0.1, -0.05) is 13.0 Å². The molecule has 2 aliphatic rings. The number of nitrogens with one attached hydrogen (secondary N) is 1. The van der Waals surface area contributed by atoms with Crippen LogP contribution in [0.15, 0.2) is 23.1 Å². The molecule has 1 aliphatic carbocycles. The molecule has 0 bridgehead atoms. The largest absolute Gasteiger partial charge is 0.302 e. The summed E-state index contributed by atoms with van der Waals surface area (Å²) in [5.41, 5.74) is 2.51. The highest BCUT2D eigenvalue weighted by molar-refractivity contribution is 7.89. The Bertz CT molecular complexity index is 613. The van der Waals surface area contributed by atoms with E-state index in [4.69, 9.17) is 0 Å². The van der Waals surface area contributed by atoms with Gasteiger partial charge in [0.1, 0.15) is 0 Å². The number of fused-ring (bicyclic) bond motifs is 1. The summed E-state index contributed by atoms with van der Waals surface area (Å²) in [6, 6.07) is 5.64. The molecule has 116 valence electrons. The monoisotopic (exact) mass is 308 g/mol. The average molecular weight is 308 g/mol. The summed E-state index contributed by atoms with van der Waals surface area (Å²) in [5, 5.41) is 0. The van der Waals surface area contributed by atoms with Crippen LogP contribution in [0.25, 0.3) is 0 Å². The lowest BCUT2D eigenvalue weighted by Gasteiger charge is -2.32. The van der Waals surface area contributed by atoms with Crippen LogP contribution in [0.5, 0.6) is 0 Å². The molecular formula is C16H24N2O2S. The minimum absolute atomic E-state index is 0.0388. The molecule has 0 unspecified atom stereocenters. The second-order valence-corrected chi connectivity index (χ2v) is 7.85. The molecule has 0 radical (unpaired) electrons. The minimum Gasteiger partial charge on any atom is -0.302 e. The Hall–Kier alpha value is -0.910. The number of aryl methyl sites for hydroxylation is 2. The van der Waals surface area contributed by atoms with E-state index in [1.807, 2.05) is 12.1 Å². The van der Waals surface area contributed by atoms with Crippen molar-refractivity contribution in [2.24, 2.45) is 0 Å². The molecule has 0 amide bonds. The van der Waals surface area contributed by atoms with Crippen LogP contribution in [0.3, 0.4) is 0 Å². The normalized spacial score (nSPS) is 23.2. The first kappa shape index (κ1) is 15.0. The number of likely N-dealkylation sites (tertiary alicyclic amines) is 1. The SMILES string of the molecule is CCN1CCC[C@H](NS(=O)(=O)c2ccc3c(c2)CCC3)C1. The number of rotatable bonds is 4. The van der Waals surface area contributed by atoms with Crippen molar-refractivity contribution in [2.45, 2.75) is 50.0 Å². The molecule has 1 aliphatic heterocycles. The molecule has 1 atom stereocenters. The molecular weight excluding hydrogens is 284 g/mol. The standard InChI is InChI=1S/C16H24N2O2S/c1-2-18-10-4-7-15(12-18)17-21(19,20)16-9-8-13-5-3-6-14(13)11-16/h8-9,11,15,17H,2-7,10,12H2,1H3/t15-/m0/s1. The number of sulfonamides is 1. The van der Waals surface area contributed by atoms with Crippen LogP contribution in [0.1, 0.15) is 37.3 Å². The maximum atomic E-state index is 12.6. The van der Waals surface area contributed by atoms with Crippen molar-refractivity contribution < 1.29 is 8.42 Å². The van der Waals surface area contributed by atoms with Gasteiger partial charge in [0, 0.05) is 12.6 Å². The van der Waals surface area contributed by atoms with Gasteiger partial charge in [0.25, 0.3) is 0 Å². The number of hydrogen-bond acceptors (Lipinski definition) is 3. The van der Waals surface area contributed by atoms with Crippen molar-refractivity contribution in [1.29, 1.82) is 0 Å². The predicted molar refractivity (Wildman–Crippen MR) is 83.9 cm³/mol. The van der Waals surface area contributed by atoms with Crippen molar-refractivity contribution in [1.82, 2.24) is 9.62 Å². The Kier molecular flexibility index (Phi) is 4.33. The first-order valence-corrected chi connectivity index (χ1v) is 9.43. The van der Waals surface area contributed by atoms with Gasteiger partial charge in [0.05, 0.1) is 4.90 Å². The topological polar surface area (TPSA) is 49.4 Å². The van der Waals surface area contributed by atoms with Crippen molar-refractivity contribution in [3.05, 3.63) is 29.3 Å². The fourth-order valence-corrected chi connectivity index (χ4v) is 4.75. The maximum absolute atomic E-state index is 12.6. The Morgan fingerprint density at radius 3 is 2.86 bits per heavy atom. The molecule has 1 aromatic rings. The van der Waals surface area contributed by atoms with Gasteiger partial charge in [-0.25, -0.2) is 13.1 Å². The van der Waals surface area contributed by atoms with E-state index < -0.39 is 10.0 Å². The van der Waals surface area contributed by atoms with Gasteiger partial charge in [-0.15, -0.1) is 0 Å². The van der Waals surface area contributed by atoms with Gasteiger partial charge in [0.2, 0.25) is 10.0 Å². The highest BCUT2D eigenvalue weighted by Gasteiger charge is 2.25. The molecule has 0 saturated carbocycles. The van der Waals surface area contributed by atoms with Gasteiger partial charge in [0.15, 0.2) is 0 Å². The lowest BCUT2D eigenvalue weighted by Crippen LogP contribution is -2.47. The molecule has 21 heavy (non-hydrogen) atoms. The molecule has 4 nitrogen and oxygen atoms in total. The molecule has 0 spiro atoms. The Morgan fingerprint density at radius 2 is 2.05 bits per heavy atom. The zero-order chi connectivity index (χ0) is 14.9. The first-order chi connectivity index (χ1) is 10.1. The third-order valence-electron chi connectivity index (χ3n) is 4.65. The third-order valence-corrected chi connectivity index (χ3v) is 6.17. The summed E-state index contributed by atoms with van der Waals surface area (Å²) in [6.07, 6.45) is 5.22. The van der Waals surface area contributed by atoms with Gasteiger partial charge in [-0.05, 0) is 68.5 Å². The minimum atomic E-state index is -3.39. The summed E-state index contributed by atoms with van der Waals surface area (Å²) in [7, 11) is -3.39. The average Bonchev–Trinajstić information content (AvgIpc) is 2.94. The van der Waals surface area contributed by atoms with Gasteiger partial charge < -0.3 is 4.90 Å². The van der Waals surface area contributed by atoms with Crippen molar-refractivity contribution in [2.75, 3.05) is 19.6 Å². The summed E-state index contributed by atoms with van der Waals surface area (Å²) >= 11 is 0. The quantitative estimate of drug-likeness (QED) is 0.925. The van der Waals surface area contributed by atoms with Crippen LogP contribution in [-0.2, 0) is 22.9 Å². The highest BCUT2D eigenvalue weighted by atomic mass is 32.2. The number of hydrogen-bond donors (Lipinski definition) is 1. The smallest absolute Gasteiger partial charge is 0.240 e.